The Bertz CT molecular complexity index is 1010. The number of carbonyl (C=O) groups excluding carboxylic acids is 2. The van der Waals surface area contributed by atoms with E-state index in [9.17, 15) is 19.8 Å². The summed E-state index contributed by atoms with van der Waals surface area (Å²) in [5.74, 6) is -0.0706. The topological polar surface area (TPSA) is 95.9 Å². The van der Waals surface area contributed by atoms with Gasteiger partial charge in [-0.1, -0.05) is 269 Å². The van der Waals surface area contributed by atoms with E-state index in [0.29, 0.717) is 19.4 Å². The fourth-order valence-corrected chi connectivity index (χ4v) is 8.98. The second-order valence-electron chi connectivity index (χ2n) is 20.0. The summed E-state index contributed by atoms with van der Waals surface area (Å²) in [6, 6.07) is -0.634. The highest BCUT2D eigenvalue weighted by Gasteiger charge is 2.18. The third-order valence-electron chi connectivity index (χ3n) is 13.5. The van der Waals surface area contributed by atoms with Gasteiger partial charge in [-0.25, -0.2) is 0 Å². The number of aliphatic hydroxyl groups excluding tert-OH is 2. The van der Waals surface area contributed by atoms with Crippen LogP contribution >= 0.6 is 0 Å². The van der Waals surface area contributed by atoms with Crippen molar-refractivity contribution in [2.75, 3.05) is 13.2 Å². The van der Waals surface area contributed by atoms with Gasteiger partial charge in [-0.2, -0.15) is 0 Å². The Hall–Kier alpha value is -1.66. The van der Waals surface area contributed by atoms with Crippen LogP contribution in [0.5, 0.6) is 0 Å². The van der Waals surface area contributed by atoms with Crippen molar-refractivity contribution in [3.05, 3.63) is 24.3 Å². The van der Waals surface area contributed by atoms with E-state index in [0.717, 1.165) is 51.4 Å². The van der Waals surface area contributed by atoms with Crippen LogP contribution in [0, 0.1) is 0 Å². The molecule has 3 N–H and O–H groups in total. The molecule has 0 aliphatic carbocycles. The summed E-state index contributed by atoms with van der Waals surface area (Å²) in [6.07, 6.45) is 66.3. The number of unbranched alkanes of at least 4 members (excludes halogenated alkanes) is 41. The molecular weight excluding hydrogens is 803 g/mol. The highest BCUT2D eigenvalue weighted by molar-refractivity contribution is 5.76. The molecule has 6 heteroatoms. The van der Waals surface area contributed by atoms with Crippen molar-refractivity contribution < 1.29 is 24.5 Å². The lowest BCUT2D eigenvalue weighted by atomic mass is 10.0. The van der Waals surface area contributed by atoms with Crippen molar-refractivity contribution in [1.82, 2.24) is 5.32 Å². The zero-order valence-corrected chi connectivity index (χ0v) is 43.7. The van der Waals surface area contributed by atoms with E-state index >= 15 is 0 Å². The highest BCUT2D eigenvalue weighted by atomic mass is 16.5. The number of amides is 1. The van der Waals surface area contributed by atoms with Crippen molar-refractivity contribution in [2.45, 2.75) is 328 Å². The third-order valence-corrected chi connectivity index (χ3v) is 13.5. The Morgan fingerprint density at radius 3 is 1.09 bits per heavy atom. The van der Waals surface area contributed by atoms with Crippen LogP contribution in [0.3, 0.4) is 0 Å². The molecule has 0 spiro atoms. The van der Waals surface area contributed by atoms with Gasteiger partial charge in [-0.3, -0.25) is 9.59 Å². The molecule has 0 fully saturated rings. The number of rotatable bonds is 54. The summed E-state index contributed by atoms with van der Waals surface area (Å²) in [6.45, 7) is 4.90. The summed E-state index contributed by atoms with van der Waals surface area (Å²) < 4.78 is 5.48. The van der Waals surface area contributed by atoms with E-state index in [1.165, 1.54) is 238 Å². The largest absolute Gasteiger partial charge is 0.466 e. The molecule has 0 aliphatic heterocycles. The third kappa shape index (κ3) is 51.6. The van der Waals surface area contributed by atoms with Gasteiger partial charge >= 0.3 is 5.97 Å². The van der Waals surface area contributed by atoms with Crippen LogP contribution in [0.25, 0.3) is 0 Å². The van der Waals surface area contributed by atoms with Gasteiger partial charge in [0, 0.05) is 12.8 Å². The predicted molar refractivity (Wildman–Crippen MR) is 283 cm³/mol. The summed E-state index contributed by atoms with van der Waals surface area (Å²) >= 11 is 0. The van der Waals surface area contributed by atoms with Gasteiger partial charge in [0.15, 0.2) is 0 Å². The van der Waals surface area contributed by atoms with Crippen molar-refractivity contribution in [1.29, 1.82) is 0 Å². The fourth-order valence-electron chi connectivity index (χ4n) is 8.98. The number of aliphatic hydroxyl groups is 2. The number of hydrogen-bond acceptors (Lipinski definition) is 5. The van der Waals surface area contributed by atoms with Crippen LogP contribution in [0.2, 0.25) is 0 Å². The first kappa shape index (κ1) is 63.3. The van der Waals surface area contributed by atoms with Gasteiger partial charge in [0.1, 0.15) is 0 Å². The van der Waals surface area contributed by atoms with Gasteiger partial charge in [-0.05, 0) is 57.8 Å². The molecule has 0 aromatic rings. The van der Waals surface area contributed by atoms with Gasteiger partial charge in [-0.15, -0.1) is 0 Å². The number of ether oxygens (including phenoxy) is 1. The maximum atomic E-state index is 12.4. The van der Waals surface area contributed by atoms with E-state index < -0.39 is 12.1 Å². The van der Waals surface area contributed by atoms with Crippen molar-refractivity contribution in [3.8, 4) is 0 Å². The molecule has 384 valence electrons. The van der Waals surface area contributed by atoms with Gasteiger partial charge < -0.3 is 20.3 Å². The van der Waals surface area contributed by atoms with E-state index in [1.807, 2.05) is 6.08 Å². The van der Waals surface area contributed by atoms with Crippen molar-refractivity contribution >= 4 is 11.9 Å². The van der Waals surface area contributed by atoms with Gasteiger partial charge in [0.05, 0.1) is 25.4 Å². The number of hydrogen-bond donors (Lipinski definition) is 3. The minimum absolute atomic E-state index is 0.00614. The molecule has 1 amide bonds. The molecule has 0 saturated carbocycles. The molecule has 65 heavy (non-hydrogen) atoms. The van der Waals surface area contributed by atoms with E-state index in [1.54, 1.807) is 6.08 Å². The second kappa shape index (κ2) is 54.9. The van der Waals surface area contributed by atoms with Crippen molar-refractivity contribution in [2.24, 2.45) is 0 Å². The molecule has 6 nitrogen and oxygen atoms in total. The zero-order valence-electron chi connectivity index (χ0n) is 43.7. The Labute approximate surface area is 405 Å². The first-order valence-electron chi connectivity index (χ1n) is 29.1. The Balaban J connectivity index is 3.45. The minimum atomic E-state index is -0.849. The molecule has 2 unspecified atom stereocenters. The van der Waals surface area contributed by atoms with E-state index in [4.69, 9.17) is 4.74 Å². The average Bonchev–Trinajstić information content (AvgIpc) is 3.31. The zero-order chi connectivity index (χ0) is 47.2. The summed E-state index contributed by atoms with van der Waals surface area (Å²) in [7, 11) is 0. The number of allylic oxidation sites excluding steroid dienone is 3. The molecule has 0 radical (unpaired) electrons. The number of esters is 1. The van der Waals surface area contributed by atoms with Crippen LogP contribution in [-0.4, -0.2) is 47.4 Å². The minimum Gasteiger partial charge on any atom is -0.466 e. The maximum Gasteiger partial charge on any atom is 0.305 e. The number of nitrogens with one attached hydrogen (secondary N) is 1. The predicted octanol–water partition coefficient (Wildman–Crippen LogP) is 17.9. The molecular formula is C59H113NO5. The van der Waals surface area contributed by atoms with Gasteiger partial charge in [0.2, 0.25) is 5.91 Å². The van der Waals surface area contributed by atoms with Gasteiger partial charge in [0.25, 0.3) is 0 Å². The van der Waals surface area contributed by atoms with Crippen LogP contribution in [0.1, 0.15) is 316 Å². The normalized spacial score (nSPS) is 12.7. The van der Waals surface area contributed by atoms with Crippen LogP contribution in [-0.2, 0) is 14.3 Å². The maximum absolute atomic E-state index is 12.4. The summed E-state index contributed by atoms with van der Waals surface area (Å²) in [5.41, 5.74) is 0. The molecule has 0 bridgehead atoms. The summed E-state index contributed by atoms with van der Waals surface area (Å²) in [4.78, 5) is 24.5. The molecule has 0 saturated heterocycles. The first-order chi connectivity index (χ1) is 32.0. The Morgan fingerprint density at radius 2 is 0.723 bits per heavy atom. The van der Waals surface area contributed by atoms with Crippen LogP contribution in [0.15, 0.2) is 24.3 Å². The number of carbonyl (C=O) groups is 2. The lowest BCUT2D eigenvalue weighted by Crippen LogP contribution is -2.45. The molecule has 2 atom stereocenters. The van der Waals surface area contributed by atoms with Crippen molar-refractivity contribution in [3.63, 3.8) is 0 Å². The van der Waals surface area contributed by atoms with E-state index in [-0.39, 0.29) is 18.5 Å². The Morgan fingerprint density at radius 1 is 0.415 bits per heavy atom. The SMILES string of the molecule is CCCCCCCCCCCCCC/C=C/C(O)C(CO)NC(=O)CCCCCCCCC/C=C\CCCCCCCCCCOC(=O)CCCCCCCCCCCCCCCCC. The molecule has 0 aromatic carbocycles. The van der Waals surface area contributed by atoms with Crippen LogP contribution in [0.4, 0.5) is 0 Å². The van der Waals surface area contributed by atoms with E-state index in [2.05, 4.69) is 31.3 Å². The summed E-state index contributed by atoms with van der Waals surface area (Å²) in [5, 5.41) is 23.1. The smallest absolute Gasteiger partial charge is 0.305 e. The molecule has 0 aliphatic rings. The molecule has 0 aromatic heterocycles. The monoisotopic (exact) mass is 916 g/mol. The highest BCUT2D eigenvalue weighted by Crippen LogP contribution is 2.17. The standard InChI is InChI=1S/C59H113NO5/c1-3-5-7-9-11-13-15-17-24-29-33-37-41-45-49-53-59(64)65-54-50-46-42-38-34-30-26-23-21-19-20-22-25-28-32-36-40-44-48-52-58(63)60-56(55-61)57(62)51-47-43-39-35-31-27-18-16-14-12-10-8-6-4-2/h19-20,47,51,56-57,61-62H,3-18,21-46,48-50,52-55H2,1-2H3,(H,60,63)/b20-19-,51-47+. The average molecular weight is 917 g/mol. The Kier molecular flexibility index (Phi) is 53.5. The lowest BCUT2D eigenvalue weighted by Gasteiger charge is -2.20. The second-order valence-corrected chi connectivity index (χ2v) is 20.0. The molecule has 0 rings (SSSR count). The van der Waals surface area contributed by atoms with Crippen LogP contribution < -0.4 is 5.32 Å². The lowest BCUT2D eigenvalue weighted by molar-refractivity contribution is -0.143. The quantitative estimate of drug-likeness (QED) is 0.0321. The molecule has 0 heterocycles. The first-order valence-corrected chi connectivity index (χ1v) is 29.1. The fraction of sp³-hybridized carbons (Fsp3) is 0.898.